The fourth-order valence-corrected chi connectivity index (χ4v) is 4.43. The molecule has 0 aromatic heterocycles. The SMILES string of the molecule is CC(C)(C)COP(=O)(OCC(C)(C)C)OC[Si](C)(C)C. The lowest BCUT2D eigenvalue weighted by atomic mass is 9.99. The zero-order chi connectivity index (χ0) is 16.2. The maximum absolute atomic E-state index is 12.7. The van der Waals surface area contributed by atoms with Gasteiger partial charge in [0.15, 0.2) is 0 Å². The average Bonchev–Trinajstić information content (AvgIpc) is 2.18. The first-order valence-corrected chi connectivity index (χ1v) is 12.3. The predicted molar refractivity (Wildman–Crippen MR) is 87.7 cm³/mol. The molecule has 4 nitrogen and oxygen atoms in total. The van der Waals surface area contributed by atoms with Gasteiger partial charge in [0.05, 0.1) is 21.3 Å². The van der Waals surface area contributed by atoms with Crippen molar-refractivity contribution in [1.82, 2.24) is 0 Å². The molecule has 0 aliphatic rings. The molecular formula is C14H33O4PSi. The van der Waals surface area contributed by atoms with Crippen LogP contribution in [-0.2, 0) is 18.1 Å². The fourth-order valence-electron chi connectivity index (χ4n) is 0.930. The van der Waals surface area contributed by atoms with Crippen LogP contribution >= 0.6 is 7.82 Å². The lowest BCUT2D eigenvalue weighted by Crippen LogP contribution is -2.28. The summed E-state index contributed by atoms with van der Waals surface area (Å²) >= 11 is 0. The lowest BCUT2D eigenvalue weighted by molar-refractivity contribution is 0.0728. The lowest BCUT2D eigenvalue weighted by Gasteiger charge is -2.27. The van der Waals surface area contributed by atoms with Crippen molar-refractivity contribution in [3.8, 4) is 0 Å². The second-order valence-electron chi connectivity index (χ2n) is 8.95. The molecule has 0 radical (unpaired) electrons. The van der Waals surface area contributed by atoms with E-state index in [-0.39, 0.29) is 10.8 Å². The van der Waals surface area contributed by atoms with Gasteiger partial charge in [-0.15, -0.1) is 0 Å². The van der Waals surface area contributed by atoms with Crippen molar-refractivity contribution in [2.24, 2.45) is 10.8 Å². The molecule has 0 rings (SSSR count). The fraction of sp³-hybridized carbons (Fsp3) is 1.00. The number of phosphoric ester groups is 1. The number of rotatable bonds is 7. The van der Waals surface area contributed by atoms with E-state index in [9.17, 15) is 4.57 Å². The molecule has 0 saturated heterocycles. The number of phosphoric acid groups is 1. The topological polar surface area (TPSA) is 44.8 Å². The average molecular weight is 324 g/mol. The summed E-state index contributed by atoms with van der Waals surface area (Å²) in [5, 5.41) is 0. The Bertz CT molecular complexity index is 284. The van der Waals surface area contributed by atoms with Gasteiger partial charge in [-0.05, 0) is 10.8 Å². The second kappa shape index (κ2) is 7.06. The van der Waals surface area contributed by atoms with Gasteiger partial charge in [-0.2, -0.15) is 0 Å². The molecule has 0 aromatic carbocycles. The Morgan fingerprint density at radius 3 is 1.40 bits per heavy atom. The highest BCUT2D eigenvalue weighted by Crippen LogP contribution is 2.51. The van der Waals surface area contributed by atoms with Crippen molar-refractivity contribution in [3.05, 3.63) is 0 Å². The molecule has 0 aliphatic heterocycles. The maximum Gasteiger partial charge on any atom is 0.474 e. The van der Waals surface area contributed by atoms with E-state index >= 15 is 0 Å². The van der Waals surface area contributed by atoms with Crippen LogP contribution in [0.5, 0.6) is 0 Å². The summed E-state index contributed by atoms with van der Waals surface area (Å²) in [6.07, 6.45) is 0.471. The minimum atomic E-state index is -3.47. The molecule has 0 unspecified atom stereocenters. The maximum atomic E-state index is 12.7. The highest BCUT2D eigenvalue weighted by Gasteiger charge is 2.33. The van der Waals surface area contributed by atoms with Gasteiger partial charge in [0, 0.05) is 6.23 Å². The smallest absolute Gasteiger partial charge is 0.290 e. The van der Waals surface area contributed by atoms with Gasteiger partial charge in [-0.3, -0.25) is 13.6 Å². The Labute approximate surface area is 126 Å². The first-order valence-electron chi connectivity index (χ1n) is 7.16. The normalized spacial score (nSPS) is 14.7. The quantitative estimate of drug-likeness (QED) is 0.482. The van der Waals surface area contributed by atoms with Gasteiger partial charge in [-0.1, -0.05) is 61.2 Å². The molecule has 0 spiro atoms. The third kappa shape index (κ3) is 12.1. The van der Waals surface area contributed by atoms with Crippen LogP contribution in [0, 0.1) is 10.8 Å². The molecular weight excluding hydrogens is 291 g/mol. The van der Waals surface area contributed by atoms with E-state index in [1.807, 2.05) is 41.5 Å². The van der Waals surface area contributed by atoms with Crippen molar-refractivity contribution in [3.63, 3.8) is 0 Å². The summed E-state index contributed by atoms with van der Waals surface area (Å²) in [5.74, 6) is 0. The summed E-state index contributed by atoms with van der Waals surface area (Å²) in [7, 11) is -4.95. The van der Waals surface area contributed by atoms with Gasteiger partial charge >= 0.3 is 7.82 Å². The van der Waals surface area contributed by atoms with Gasteiger partial charge in [-0.25, -0.2) is 4.57 Å². The van der Waals surface area contributed by atoms with Crippen molar-refractivity contribution in [2.45, 2.75) is 61.2 Å². The molecule has 0 aliphatic carbocycles. The highest BCUT2D eigenvalue weighted by molar-refractivity contribution is 7.48. The van der Waals surface area contributed by atoms with Crippen molar-refractivity contribution < 1.29 is 18.1 Å². The van der Waals surface area contributed by atoms with Crippen molar-refractivity contribution in [1.29, 1.82) is 0 Å². The van der Waals surface area contributed by atoms with Gasteiger partial charge in [0.1, 0.15) is 0 Å². The molecule has 0 saturated carbocycles. The molecule has 0 N–H and O–H groups in total. The Hall–Kier alpha value is 0.327. The van der Waals surface area contributed by atoms with Crippen molar-refractivity contribution in [2.75, 3.05) is 19.4 Å². The second-order valence-corrected chi connectivity index (χ2v) is 16.0. The van der Waals surface area contributed by atoms with E-state index < -0.39 is 15.9 Å². The standard InChI is InChI=1S/C14H33O4PSi/c1-13(2,3)10-16-19(15,17-11-14(4,5)6)18-12-20(7,8)9/h10-12H2,1-9H3. The molecule has 0 aromatic rings. The van der Waals surface area contributed by atoms with E-state index in [2.05, 4.69) is 19.6 Å². The third-order valence-corrected chi connectivity index (χ3v) is 4.56. The van der Waals surface area contributed by atoms with E-state index in [1.165, 1.54) is 0 Å². The van der Waals surface area contributed by atoms with Crippen LogP contribution in [0.4, 0.5) is 0 Å². The minimum Gasteiger partial charge on any atom is -0.290 e. The molecule has 0 atom stereocenters. The summed E-state index contributed by atoms with van der Waals surface area (Å²) in [4.78, 5) is 0. The van der Waals surface area contributed by atoms with Crippen LogP contribution in [0.2, 0.25) is 19.6 Å². The van der Waals surface area contributed by atoms with Crippen molar-refractivity contribution >= 4 is 15.9 Å². The van der Waals surface area contributed by atoms with Crippen LogP contribution in [0.25, 0.3) is 0 Å². The Morgan fingerprint density at radius 2 is 1.15 bits per heavy atom. The van der Waals surface area contributed by atoms with E-state index in [0.29, 0.717) is 19.4 Å². The molecule has 0 fully saturated rings. The first kappa shape index (κ1) is 20.3. The van der Waals surface area contributed by atoms with Gasteiger partial charge in [0.25, 0.3) is 0 Å². The number of hydrogen-bond acceptors (Lipinski definition) is 4. The van der Waals surface area contributed by atoms with Crippen LogP contribution in [0.3, 0.4) is 0 Å². The van der Waals surface area contributed by atoms with Gasteiger partial charge < -0.3 is 0 Å². The van der Waals surface area contributed by atoms with E-state index in [0.717, 1.165) is 0 Å². The minimum absolute atomic E-state index is 0.0801. The largest absolute Gasteiger partial charge is 0.474 e. The van der Waals surface area contributed by atoms with E-state index in [1.54, 1.807) is 0 Å². The highest BCUT2D eigenvalue weighted by atomic mass is 31.2. The molecule has 6 heteroatoms. The van der Waals surface area contributed by atoms with Crippen LogP contribution in [0.1, 0.15) is 41.5 Å². The zero-order valence-corrected chi connectivity index (χ0v) is 16.6. The molecule has 0 bridgehead atoms. The summed E-state index contributed by atoms with van der Waals surface area (Å²) in [6.45, 7) is 19.3. The summed E-state index contributed by atoms with van der Waals surface area (Å²) in [6, 6.07) is 0. The van der Waals surface area contributed by atoms with Gasteiger partial charge in [0.2, 0.25) is 0 Å². The summed E-state index contributed by atoms with van der Waals surface area (Å²) in [5.41, 5.74) is -0.160. The van der Waals surface area contributed by atoms with Crippen LogP contribution < -0.4 is 0 Å². The van der Waals surface area contributed by atoms with E-state index in [4.69, 9.17) is 13.6 Å². The Morgan fingerprint density at radius 1 is 0.800 bits per heavy atom. The third-order valence-electron chi connectivity index (χ3n) is 1.97. The molecule has 122 valence electrons. The van der Waals surface area contributed by atoms with Crippen LogP contribution in [0.15, 0.2) is 0 Å². The molecule has 20 heavy (non-hydrogen) atoms. The zero-order valence-electron chi connectivity index (χ0n) is 14.7. The monoisotopic (exact) mass is 324 g/mol. The summed E-state index contributed by atoms with van der Waals surface area (Å²) < 4.78 is 29.3. The predicted octanol–water partition coefficient (Wildman–Crippen LogP) is 5.11. The first-order chi connectivity index (χ1) is 8.62. The Kier molecular flexibility index (Phi) is 7.17. The molecule has 0 heterocycles. The van der Waals surface area contributed by atoms with Crippen LogP contribution in [-0.4, -0.2) is 27.5 Å². The number of hydrogen-bond donors (Lipinski definition) is 0. The Balaban J connectivity index is 4.71. The molecule has 0 amide bonds.